The van der Waals surface area contributed by atoms with Gasteiger partial charge in [0.2, 0.25) is 0 Å². The van der Waals surface area contributed by atoms with Crippen LogP contribution in [0.3, 0.4) is 0 Å². The maximum absolute atomic E-state index is 11.9. The summed E-state index contributed by atoms with van der Waals surface area (Å²) in [6, 6.07) is 15.6. The van der Waals surface area contributed by atoms with E-state index in [1.54, 1.807) is 31.2 Å². The molecule has 8 heteroatoms. The third-order valence-corrected chi connectivity index (χ3v) is 3.49. The van der Waals surface area contributed by atoms with Gasteiger partial charge in [0.05, 0.1) is 12.3 Å². The van der Waals surface area contributed by atoms with Gasteiger partial charge in [-0.3, -0.25) is 14.4 Å². The summed E-state index contributed by atoms with van der Waals surface area (Å²) in [4.78, 5) is 34.3. The van der Waals surface area contributed by atoms with Crippen LogP contribution in [0.4, 0.5) is 0 Å². The van der Waals surface area contributed by atoms with E-state index in [9.17, 15) is 14.4 Å². The Balaban J connectivity index is 1.81. The van der Waals surface area contributed by atoms with Gasteiger partial charge in [-0.2, -0.15) is 5.10 Å². The molecule has 0 saturated heterocycles. The number of primary amides is 1. The number of rotatable bonds is 7. The molecule has 2 rings (SSSR count). The number of carbonyl (C=O) groups is 3. The van der Waals surface area contributed by atoms with Gasteiger partial charge >= 0.3 is 11.8 Å². The van der Waals surface area contributed by atoms with Crippen LogP contribution in [0, 0.1) is 0 Å². The van der Waals surface area contributed by atoms with Gasteiger partial charge in [0, 0.05) is 0 Å². The first-order valence-corrected chi connectivity index (χ1v) is 8.15. The number of carbonyl (C=O) groups excluding carboxylic acids is 3. The third kappa shape index (κ3) is 6.62. The minimum Gasteiger partial charge on any atom is -0.484 e. The van der Waals surface area contributed by atoms with Crippen LogP contribution >= 0.6 is 0 Å². The van der Waals surface area contributed by atoms with Crippen molar-refractivity contribution in [2.45, 2.75) is 13.0 Å². The van der Waals surface area contributed by atoms with Crippen molar-refractivity contribution in [1.82, 2.24) is 10.7 Å². The second-order valence-electron chi connectivity index (χ2n) is 5.63. The molecular weight excluding hydrogens is 348 g/mol. The molecule has 0 spiro atoms. The van der Waals surface area contributed by atoms with Gasteiger partial charge in [0.15, 0.2) is 6.61 Å². The first-order valence-electron chi connectivity index (χ1n) is 8.15. The third-order valence-electron chi connectivity index (χ3n) is 3.49. The van der Waals surface area contributed by atoms with Gasteiger partial charge in [0.25, 0.3) is 5.91 Å². The lowest BCUT2D eigenvalue weighted by atomic mass is 10.1. The first-order chi connectivity index (χ1) is 13.0. The topological polar surface area (TPSA) is 123 Å². The summed E-state index contributed by atoms with van der Waals surface area (Å²) < 4.78 is 5.13. The maximum atomic E-state index is 11.9. The van der Waals surface area contributed by atoms with Gasteiger partial charge in [-0.15, -0.1) is 0 Å². The minimum absolute atomic E-state index is 0.208. The molecular formula is C19H20N4O4. The van der Waals surface area contributed by atoms with Crippen molar-refractivity contribution < 1.29 is 19.1 Å². The van der Waals surface area contributed by atoms with Gasteiger partial charge in [-0.1, -0.05) is 30.3 Å². The quantitative estimate of drug-likeness (QED) is 0.381. The summed E-state index contributed by atoms with van der Waals surface area (Å²) >= 11 is 0. The lowest BCUT2D eigenvalue weighted by Gasteiger charge is -2.13. The highest BCUT2D eigenvalue weighted by molar-refractivity contribution is 6.35. The highest BCUT2D eigenvalue weighted by Gasteiger charge is 2.16. The zero-order chi connectivity index (χ0) is 19.6. The molecule has 0 bridgehead atoms. The molecule has 0 unspecified atom stereocenters. The molecule has 2 aromatic carbocycles. The fourth-order valence-corrected chi connectivity index (χ4v) is 2.11. The highest BCUT2D eigenvalue weighted by atomic mass is 16.5. The Labute approximate surface area is 156 Å². The van der Waals surface area contributed by atoms with Crippen molar-refractivity contribution in [2.75, 3.05) is 6.61 Å². The zero-order valence-corrected chi connectivity index (χ0v) is 14.7. The summed E-state index contributed by atoms with van der Waals surface area (Å²) in [6.07, 6.45) is 1.38. The molecule has 4 N–H and O–H groups in total. The molecule has 3 amide bonds. The molecule has 0 heterocycles. The van der Waals surface area contributed by atoms with Gasteiger partial charge in [-0.05, 0) is 42.3 Å². The average Bonchev–Trinajstić information content (AvgIpc) is 2.67. The number of benzene rings is 2. The summed E-state index contributed by atoms with van der Waals surface area (Å²) in [5, 5.41) is 6.34. The van der Waals surface area contributed by atoms with E-state index in [-0.39, 0.29) is 12.6 Å². The second kappa shape index (κ2) is 9.71. The summed E-state index contributed by atoms with van der Waals surface area (Å²) in [5.41, 5.74) is 8.72. The zero-order valence-electron chi connectivity index (χ0n) is 14.7. The van der Waals surface area contributed by atoms with E-state index in [0.29, 0.717) is 11.3 Å². The molecule has 0 aliphatic carbocycles. The minimum atomic E-state index is -0.865. The average molecular weight is 368 g/mol. The molecule has 0 saturated carbocycles. The van der Waals surface area contributed by atoms with Gasteiger partial charge in [0.1, 0.15) is 5.75 Å². The normalized spacial score (nSPS) is 11.6. The maximum Gasteiger partial charge on any atom is 0.329 e. The smallest absolute Gasteiger partial charge is 0.329 e. The fourth-order valence-electron chi connectivity index (χ4n) is 2.11. The monoisotopic (exact) mass is 368 g/mol. The van der Waals surface area contributed by atoms with Crippen LogP contribution in [-0.4, -0.2) is 30.5 Å². The highest BCUT2D eigenvalue weighted by Crippen LogP contribution is 2.11. The van der Waals surface area contributed by atoms with E-state index in [1.165, 1.54) is 6.21 Å². The Hall–Kier alpha value is -3.68. The second-order valence-corrected chi connectivity index (χ2v) is 5.63. The number of amides is 3. The molecule has 8 nitrogen and oxygen atoms in total. The standard InChI is InChI=1S/C19H20N4O4/c1-13(15-5-3-2-4-6-15)22-18(25)19(26)23-21-11-14-7-9-16(10-8-14)27-12-17(20)24/h2-11,13H,12H2,1H3,(H2,20,24)(H,22,25)(H,23,26)/b21-11-/t13-/m0/s1. The van der Waals surface area contributed by atoms with Crippen molar-refractivity contribution in [1.29, 1.82) is 0 Å². The molecule has 2 aromatic rings. The van der Waals surface area contributed by atoms with Crippen LogP contribution < -0.4 is 21.2 Å². The van der Waals surface area contributed by atoms with Crippen molar-refractivity contribution in [3.63, 3.8) is 0 Å². The van der Waals surface area contributed by atoms with Gasteiger partial charge in [-0.25, -0.2) is 5.43 Å². The number of hydrogen-bond donors (Lipinski definition) is 3. The number of nitrogens with two attached hydrogens (primary N) is 1. The van der Waals surface area contributed by atoms with Crippen LogP contribution in [-0.2, 0) is 14.4 Å². The molecule has 0 radical (unpaired) electrons. The Kier molecular flexibility index (Phi) is 7.07. The Morgan fingerprint density at radius 2 is 1.74 bits per heavy atom. The summed E-state index contributed by atoms with van der Waals surface area (Å²) in [5.74, 6) is -1.73. The molecule has 0 fully saturated rings. The van der Waals surface area contributed by atoms with Crippen molar-refractivity contribution in [3.05, 3.63) is 65.7 Å². The lowest BCUT2D eigenvalue weighted by Crippen LogP contribution is -2.39. The van der Waals surface area contributed by atoms with Crippen LogP contribution in [0.5, 0.6) is 5.75 Å². The molecule has 1 atom stereocenters. The summed E-state index contributed by atoms with van der Waals surface area (Å²) in [7, 11) is 0. The van der Waals surface area contributed by atoms with Crippen molar-refractivity contribution in [2.24, 2.45) is 10.8 Å². The molecule has 140 valence electrons. The van der Waals surface area contributed by atoms with E-state index in [2.05, 4.69) is 15.8 Å². The number of hydrogen-bond acceptors (Lipinski definition) is 5. The van der Waals surface area contributed by atoms with Crippen molar-refractivity contribution in [3.8, 4) is 5.75 Å². The molecule has 0 aromatic heterocycles. The number of nitrogens with one attached hydrogen (secondary N) is 2. The molecule has 0 aliphatic rings. The lowest BCUT2D eigenvalue weighted by molar-refractivity contribution is -0.139. The Morgan fingerprint density at radius 3 is 2.37 bits per heavy atom. The fraction of sp³-hybridized carbons (Fsp3) is 0.158. The van der Waals surface area contributed by atoms with E-state index >= 15 is 0 Å². The van der Waals surface area contributed by atoms with E-state index < -0.39 is 17.7 Å². The first kappa shape index (κ1) is 19.6. The predicted molar refractivity (Wildman–Crippen MR) is 99.9 cm³/mol. The number of hydrazone groups is 1. The molecule has 27 heavy (non-hydrogen) atoms. The van der Waals surface area contributed by atoms with Crippen LogP contribution in [0.15, 0.2) is 59.7 Å². The van der Waals surface area contributed by atoms with Crippen LogP contribution in [0.2, 0.25) is 0 Å². The Morgan fingerprint density at radius 1 is 1.07 bits per heavy atom. The SMILES string of the molecule is C[C@H](NC(=O)C(=O)N/N=C\c1ccc(OCC(N)=O)cc1)c1ccccc1. The predicted octanol–water partition coefficient (Wildman–Crippen LogP) is 0.878. The van der Waals surface area contributed by atoms with Gasteiger partial charge < -0.3 is 15.8 Å². The Bertz CT molecular complexity index is 819. The largest absolute Gasteiger partial charge is 0.484 e. The van der Waals surface area contributed by atoms with Crippen LogP contribution in [0.25, 0.3) is 0 Å². The van der Waals surface area contributed by atoms with E-state index in [0.717, 1.165) is 5.56 Å². The van der Waals surface area contributed by atoms with Crippen molar-refractivity contribution >= 4 is 23.9 Å². The van der Waals surface area contributed by atoms with E-state index in [1.807, 2.05) is 30.3 Å². The summed E-state index contributed by atoms with van der Waals surface area (Å²) in [6.45, 7) is 1.58. The molecule has 0 aliphatic heterocycles. The van der Waals surface area contributed by atoms with E-state index in [4.69, 9.17) is 10.5 Å². The van der Waals surface area contributed by atoms with Crippen LogP contribution in [0.1, 0.15) is 24.1 Å². The number of nitrogens with zero attached hydrogens (tertiary/aromatic N) is 1. The number of ether oxygens (including phenoxy) is 1.